The first-order valence-electron chi connectivity index (χ1n) is 4.99. The van der Waals surface area contributed by atoms with Crippen molar-refractivity contribution in [2.45, 2.75) is 17.7 Å². The maximum atomic E-state index is 9.02. The number of hydrogen-bond donors (Lipinski definition) is 2. The highest BCUT2D eigenvalue weighted by molar-refractivity contribution is 7.99. The molecule has 0 saturated heterocycles. The summed E-state index contributed by atoms with van der Waals surface area (Å²) in [5, 5.41) is 9.61. The van der Waals surface area contributed by atoms with Crippen molar-refractivity contribution in [2.75, 3.05) is 12.4 Å². The Morgan fingerprint density at radius 1 is 1.50 bits per heavy atom. The lowest BCUT2D eigenvalue weighted by Gasteiger charge is -2.19. The summed E-state index contributed by atoms with van der Waals surface area (Å²) in [6.07, 6.45) is 0. The van der Waals surface area contributed by atoms with E-state index in [-0.39, 0.29) is 6.61 Å². The molecule has 2 rings (SSSR count). The number of nitrogens with zero attached hydrogens (tertiary/aromatic N) is 1. The van der Waals surface area contributed by atoms with Gasteiger partial charge in [-0.1, -0.05) is 23.9 Å². The average Bonchev–Trinajstić information content (AvgIpc) is 2.69. The molecule has 0 bridgehead atoms. The van der Waals surface area contributed by atoms with Crippen molar-refractivity contribution in [3.05, 3.63) is 24.3 Å². The molecule has 0 aliphatic carbocycles. The highest BCUT2D eigenvalue weighted by atomic mass is 32.2. The van der Waals surface area contributed by atoms with Crippen molar-refractivity contribution in [3.63, 3.8) is 0 Å². The fraction of sp³-hybridized carbons (Fsp3) is 0.364. The zero-order valence-corrected chi connectivity index (χ0v) is 9.83. The molecule has 1 aromatic heterocycles. The normalized spacial score (nSPS) is 15.2. The average molecular weight is 238 g/mol. The second-order valence-electron chi connectivity index (χ2n) is 4.05. The summed E-state index contributed by atoms with van der Waals surface area (Å²) in [4.78, 5) is 4.31. The van der Waals surface area contributed by atoms with Gasteiger partial charge in [0.05, 0.1) is 6.61 Å². The van der Waals surface area contributed by atoms with Crippen LogP contribution in [0.25, 0.3) is 11.1 Å². The molecule has 2 aromatic rings. The van der Waals surface area contributed by atoms with E-state index in [1.54, 1.807) is 6.92 Å². The van der Waals surface area contributed by atoms with Crippen molar-refractivity contribution in [1.29, 1.82) is 0 Å². The number of aromatic nitrogens is 1. The summed E-state index contributed by atoms with van der Waals surface area (Å²) in [6, 6.07) is 7.60. The van der Waals surface area contributed by atoms with Crippen LogP contribution < -0.4 is 5.73 Å². The van der Waals surface area contributed by atoms with Crippen molar-refractivity contribution < 1.29 is 9.52 Å². The lowest BCUT2D eigenvalue weighted by Crippen LogP contribution is -2.42. The number of thioether (sulfide) groups is 1. The molecule has 0 spiro atoms. The van der Waals surface area contributed by atoms with E-state index < -0.39 is 5.54 Å². The van der Waals surface area contributed by atoms with Gasteiger partial charge in [-0.15, -0.1) is 0 Å². The van der Waals surface area contributed by atoms with E-state index in [9.17, 15) is 0 Å². The van der Waals surface area contributed by atoms with Crippen LogP contribution in [0.2, 0.25) is 0 Å². The van der Waals surface area contributed by atoms with Crippen LogP contribution in [-0.2, 0) is 0 Å². The number of benzene rings is 1. The van der Waals surface area contributed by atoms with Crippen molar-refractivity contribution in [1.82, 2.24) is 4.98 Å². The smallest absolute Gasteiger partial charge is 0.256 e. The first-order chi connectivity index (χ1) is 7.61. The minimum Gasteiger partial charge on any atom is -0.431 e. The third-order valence-electron chi connectivity index (χ3n) is 2.16. The lowest BCUT2D eigenvalue weighted by atomic mass is 10.1. The minimum absolute atomic E-state index is 0.0553. The van der Waals surface area contributed by atoms with Crippen LogP contribution in [0.4, 0.5) is 0 Å². The van der Waals surface area contributed by atoms with Gasteiger partial charge >= 0.3 is 0 Å². The Morgan fingerprint density at radius 2 is 2.25 bits per heavy atom. The standard InChI is InChI=1S/C11H14N2O2S/c1-11(12,6-14)7-16-10-13-8-4-2-3-5-9(8)15-10/h2-5,14H,6-7,12H2,1H3. The third kappa shape index (κ3) is 2.55. The summed E-state index contributed by atoms with van der Waals surface area (Å²) in [6.45, 7) is 1.74. The number of aliphatic hydroxyl groups excluding tert-OH is 1. The van der Waals surface area contributed by atoms with Crippen LogP contribution >= 0.6 is 11.8 Å². The second kappa shape index (κ2) is 4.45. The fourth-order valence-electron chi connectivity index (χ4n) is 1.19. The number of fused-ring (bicyclic) bond motifs is 1. The zero-order chi connectivity index (χ0) is 11.6. The van der Waals surface area contributed by atoms with Gasteiger partial charge in [-0.2, -0.15) is 0 Å². The van der Waals surface area contributed by atoms with E-state index in [1.807, 2.05) is 24.3 Å². The molecule has 0 radical (unpaired) electrons. The monoisotopic (exact) mass is 238 g/mol. The highest BCUT2D eigenvalue weighted by Gasteiger charge is 2.19. The minimum atomic E-state index is -0.606. The molecule has 0 amide bonds. The van der Waals surface area contributed by atoms with Crippen LogP contribution in [0.5, 0.6) is 0 Å². The first kappa shape index (κ1) is 11.4. The topological polar surface area (TPSA) is 72.3 Å². The van der Waals surface area contributed by atoms with Crippen LogP contribution in [0.15, 0.2) is 33.9 Å². The van der Waals surface area contributed by atoms with Gasteiger partial charge in [0.25, 0.3) is 5.22 Å². The number of nitrogens with two attached hydrogens (primary N) is 1. The number of rotatable bonds is 4. The lowest BCUT2D eigenvalue weighted by molar-refractivity contribution is 0.224. The van der Waals surface area contributed by atoms with Gasteiger partial charge in [0.2, 0.25) is 0 Å². The predicted molar refractivity (Wildman–Crippen MR) is 64.4 cm³/mol. The van der Waals surface area contributed by atoms with Gasteiger partial charge in [0.15, 0.2) is 5.58 Å². The van der Waals surface area contributed by atoms with E-state index in [4.69, 9.17) is 15.3 Å². The van der Waals surface area contributed by atoms with Crippen molar-refractivity contribution in [3.8, 4) is 0 Å². The van der Waals surface area contributed by atoms with Gasteiger partial charge in [-0.25, -0.2) is 4.98 Å². The third-order valence-corrected chi connectivity index (χ3v) is 3.39. The van der Waals surface area contributed by atoms with Crippen LogP contribution in [0.3, 0.4) is 0 Å². The fourth-order valence-corrected chi connectivity index (χ4v) is 2.04. The molecule has 0 fully saturated rings. The molecule has 3 N–H and O–H groups in total. The molecule has 16 heavy (non-hydrogen) atoms. The van der Waals surface area contributed by atoms with E-state index in [1.165, 1.54) is 11.8 Å². The first-order valence-corrected chi connectivity index (χ1v) is 5.97. The van der Waals surface area contributed by atoms with Crippen LogP contribution in [0, 0.1) is 0 Å². The van der Waals surface area contributed by atoms with Gasteiger partial charge in [0, 0.05) is 11.3 Å². The summed E-state index contributed by atoms with van der Waals surface area (Å²) in [7, 11) is 0. The van der Waals surface area contributed by atoms with Gasteiger partial charge in [0.1, 0.15) is 5.52 Å². The van der Waals surface area contributed by atoms with Crippen molar-refractivity contribution in [2.24, 2.45) is 5.73 Å². The Kier molecular flexibility index (Phi) is 3.18. The Hall–Kier alpha value is -1.04. The maximum absolute atomic E-state index is 9.02. The molecule has 86 valence electrons. The van der Waals surface area contributed by atoms with E-state index in [0.717, 1.165) is 11.1 Å². The molecule has 1 heterocycles. The summed E-state index contributed by atoms with van der Waals surface area (Å²) >= 11 is 1.41. The number of hydrogen-bond acceptors (Lipinski definition) is 5. The number of aliphatic hydroxyl groups is 1. The van der Waals surface area contributed by atoms with E-state index in [2.05, 4.69) is 4.98 Å². The van der Waals surface area contributed by atoms with Gasteiger partial charge in [-0.05, 0) is 19.1 Å². The van der Waals surface area contributed by atoms with Crippen LogP contribution in [-0.4, -0.2) is 28.0 Å². The molecule has 0 aliphatic heterocycles. The van der Waals surface area contributed by atoms with Crippen LogP contribution in [0.1, 0.15) is 6.92 Å². The maximum Gasteiger partial charge on any atom is 0.256 e. The Labute approximate surface area is 97.8 Å². The largest absolute Gasteiger partial charge is 0.431 e. The molecular weight excluding hydrogens is 224 g/mol. The Morgan fingerprint density at radius 3 is 2.94 bits per heavy atom. The van der Waals surface area contributed by atoms with Crippen molar-refractivity contribution >= 4 is 22.9 Å². The molecular formula is C11H14N2O2S. The molecule has 1 unspecified atom stereocenters. The summed E-state index contributed by atoms with van der Waals surface area (Å²) in [5.74, 6) is 0.566. The van der Waals surface area contributed by atoms with Gasteiger partial charge in [-0.3, -0.25) is 0 Å². The summed E-state index contributed by atoms with van der Waals surface area (Å²) in [5.41, 5.74) is 6.82. The molecule has 0 aliphatic rings. The van der Waals surface area contributed by atoms with E-state index in [0.29, 0.717) is 11.0 Å². The van der Waals surface area contributed by atoms with Gasteiger partial charge < -0.3 is 15.3 Å². The highest BCUT2D eigenvalue weighted by Crippen LogP contribution is 2.25. The predicted octanol–water partition coefficient (Wildman–Crippen LogP) is 1.63. The SMILES string of the molecule is CC(N)(CO)CSc1nc2ccccc2o1. The number of para-hydroxylation sites is 2. The Balaban J connectivity index is 2.10. The molecule has 0 saturated carbocycles. The molecule has 5 heteroatoms. The molecule has 1 aromatic carbocycles. The second-order valence-corrected chi connectivity index (χ2v) is 4.97. The molecule has 4 nitrogen and oxygen atoms in total. The summed E-state index contributed by atoms with van der Waals surface area (Å²) < 4.78 is 5.52. The quantitative estimate of drug-likeness (QED) is 0.792. The molecule has 1 atom stereocenters. The number of oxazole rings is 1. The zero-order valence-electron chi connectivity index (χ0n) is 9.01. The Bertz CT molecular complexity index is 449. The van der Waals surface area contributed by atoms with E-state index >= 15 is 0 Å².